The van der Waals surface area contributed by atoms with E-state index >= 15 is 0 Å². The van der Waals surface area contributed by atoms with Crippen molar-refractivity contribution < 1.29 is 24.1 Å². The van der Waals surface area contributed by atoms with Gasteiger partial charge in [0.05, 0.1) is 4.47 Å². The van der Waals surface area contributed by atoms with E-state index in [4.69, 9.17) is 18.9 Å². The first-order valence-corrected chi connectivity index (χ1v) is 6.34. The average molecular weight is 339 g/mol. The van der Waals surface area contributed by atoms with Crippen LogP contribution >= 0.6 is 28.6 Å². The van der Waals surface area contributed by atoms with Crippen LogP contribution in [0, 0.1) is 0 Å². The van der Waals surface area contributed by atoms with E-state index in [2.05, 4.69) is 28.6 Å². The van der Waals surface area contributed by atoms with E-state index in [9.17, 15) is 5.11 Å². The molecule has 1 aromatic rings. The van der Waals surface area contributed by atoms with E-state index in [-0.39, 0.29) is 13.6 Å². The number of aliphatic hydroxyl groups excluding tert-OH is 1. The number of hydrogen-bond donors (Lipinski definition) is 2. The predicted molar refractivity (Wildman–Crippen MR) is 73.1 cm³/mol. The molecule has 0 fully saturated rings. The molecule has 0 spiro atoms. The number of ether oxygens (including phenoxy) is 4. The fourth-order valence-electron chi connectivity index (χ4n) is 1.23. The van der Waals surface area contributed by atoms with Crippen molar-refractivity contribution in [3.8, 4) is 11.5 Å². The van der Waals surface area contributed by atoms with Gasteiger partial charge in [-0.3, -0.25) is 0 Å². The van der Waals surface area contributed by atoms with Crippen molar-refractivity contribution in [2.45, 2.75) is 5.44 Å². The standard InChI is InChI=1S/C11H15BrO5S/c1-14-5-16-9-4-10(17-6-15-2)8(12)3-7(9)11(13)18/h3-4,11,13,18H,5-6H2,1-2H3. The van der Waals surface area contributed by atoms with Crippen LogP contribution in [0.2, 0.25) is 0 Å². The first kappa shape index (κ1) is 15.6. The summed E-state index contributed by atoms with van der Waals surface area (Å²) in [6, 6.07) is 3.31. The fraction of sp³-hybridized carbons (Fsp3) is 0.455. The van der Waals surface area contributed by atoms with Crippen molar-refractivity contribution in [1.29, 1.82) is 0 Å². The number of hydrogen-bond acceptors (Lipinski definition) is 6. The molecule has 0 amide bonds. The molecule has 0 heterocycles. The van der Waals surface area contributed by atoms with Gasteiger partial charge in [-0.25, -0.2) is 0 Å². The Labute approximate surface area is 120 Å². The Bertz CT molecular complexity index is 386. The molecule has 18 heavy (non-hydrogen) atoms. The van der Waals surface area contributed by atoms with Gasteiger partial charge in [0.1, 0.15) is 16.9 Å². The molecule has 5 nitrogen and oxygen atoms in total. The molecule has 1 rings (SSSR count). The number of halogens is 1. The predicted octanol–water partition coefficient (Wildman–Crippen LogP) is 2.34. The first-order valence-electron chi connectivity index (χ1n) is 5.03. The molecule has 1 N–H and O–H groups in total. The largest absolute Gasteiger partial charge is 0.467 e. The third kappa shape index (κ3) is 4.33. The number of thiol groups is 1. The Morgan fingerprint density at radius 3 is 2.22 bits per heavy atom. The second-order valence-electron chi connectivity index (χ2n) is 3.30. The van der Waals surface area contributed by atoms with Gasteiger partial charge in [-0.15, -0.1) is 12.6 Å². The van der Waals surface area contributed by atoms with Crippen molar-refractivity contribution in [3.05, 3.63) is 22.2 Å². The average Bonchev–Trinajstić information content (AvgIpc) is 2.35. The van der Waals surface area contributed by atoms with Crippen LogP contribution in [0.25, 0.3) is 0 Å². The minimum Gasteiger partial charge on any atom is -0.467 e. The molecule has 0 aliphatic rings. The molecule has 0 bridgehead atoms. The van der Waals surface area contributed by atoms with Crippen LogP contribution in [-0.4, -0.2) is 32.9 Å². The minimum atomic E-state index is -0.954. The maximum absolute atomic E-state index is 9.55. The SMILES string of the molecule is COCOc1cc(OCOC)c(C(O)S)cc1Br. The zero-order chi connectivity index (χ0) is 13.5. The summed E-state index contributed by atoms with van der Waals surface area (Å²) in [4.78, 5) is 0. The molecular formula is C11H15BrO5S. The molecule has 7 heteroatoms. The second kappa shape index (κ2) is 7.85. The lowest BCUT2D eigenvalue weighted by atomic mass is 10.2. The Hall–Kier alpha value is -0.470. The van der Waals surface area contributed by atoms with Crippen LogP contribution in [0.1, 0.15) is 11.0 Å². The smallest absolute Gasteiger partial charge is 0.188 e. The van der Waals surface area contributed by atoms with Gasteiger partial charge in [-0.2, -0.15) is 0 Å². The van der Waals surface area contributed by atoms with E-state index in [0.717, 1.165) is 0 Å². The number of aliphatic hydroxyl groups is 1. The van der Waals surface area contributed by atoms with Crippen LogP contribution in [0.5, 0.6) is 11.5 Å². The van der Waals surface area contributed by atoms with E-state index in [1.165, 1.54) is 14.2 Å². The molecule has 0 saturated carbocycles. The van der Waals surface area contributed by atoms with Gasteiger partial charge in [-0.05, 0) is 22.0 Å². The zero-order valence-corrected chi connectivity index (χ0v) is 12.5. The van der Waals surface area contributed by atoms with Gasteiger partial charge >= 0.3 is 0 Å². The number of benzene rings is 1. The Morgan fingerprint density at radius 2 is 1.72 bits per heavy atom. The monoisotopic (exact) mass is 338 g/mol. The molecule has 1 aromatic carbocycles. The van der Waals surface area contributed by atoms with Gasteiger partial charge in [0, 0.05) is 25.8 Å². The summed E-state index contributed by atoms with van der Waals surface area (Å²) < 4.78 is 21.0. The molecule has 0 aromatic heterocycles. The molecule has 0 aliphatic heterocycles. The molecule has 0 saturated heterocycles. The maximum atomic E-state index is 9.55. The van der Waals surface area contributed by atoms with Crippen molar-refractivity contribution in [2.75, 3.05) is 27.8 Å². The maximum Gasteiger partial charge on any atom is 0.188 e. The van der Waals surface area contributed by atoms with Crippen LogP contribution in [0.4, 0.5) is 0 Å². The quantitative estimate of drug-likeness (QED) is 0.590. The van der Waals surface area contributed by atoms with Gasteiger partial charge in [-0.1, -0.05) is 0 Å². The summed E-state index contributed by atoms with van der Waals surface area (Å²) in [6.45, 7) is 0.184. The first-order chi connectivity index (χ1) is 8.60. The molecule has 1 atom stereocenters. The molecule has 0 radical (unpaired) electrons. The molecule has 102 valence electrons. The topological polar surface area (TPSA) is 57.2 Å². The Kier molecular flexibility index (Phi) is 6.80. The van der Waals surface area contributed by atoms with Gasteiger partial charge in [0.2, 0.25) is 0 Å². The molecule has 0 aliphatic carbocycles. The lowest BCUT2D eigenvalue weighted by Gasteiger charge is -2.16. The van der Waals surface area contributed by atoms with E-state index < -0.39 is 5.44 Å². The van der Waals surface area contributed by atoms with Crippen LogP contribution in [0.15, 0.2) is 16.6 Å². The van der Waals surface area contributed by atoms with Crippen molar-refractivity contribution in [2.24, 2.45) is 0 Å². The highest BCUT2D eigenvalue weighted by Gasteiger charge is 2.15. The highest BCUT2D eigenvalue weighted by atomic mass is 79.9. The van der Waals surface area contributed by atoms with E-state index in [1.807, 2.05) is 0 Å². The van der Waals surface area contributed by atoms with E-state index in [0.29, 0.717) is 21.5 Å². The van der Waals surface area contributed by atoms with Gasteiger partial charge in [0.25, 0.3) is 0 Å². The second-order valence-corrected chi connectivity index (χ2v) is 4.64. The zero-order valence-electron chi connectivity index (χ0n) is 10.1. The van der Waals surface area contributed by atoms with Gasteiger partial charge < -0.3 is 24.1 Å². The lowest BCUT2D eigenvalue weighted by molar-refractivity contribution is 0.0446. The molecule has 1 unspecified atom stereocenters. The number of rotatable bonds is 7. The summed E-state index contributed by atoms with van der Waals surface area (Å²) in [7, 11) is 3.04. The summed E-state index contributed by atoms with van der Waals surface area (Å²) in [6.07, 6.45) is 0. The third-order valence-electron chi connectivity index (χ3n) is 2.01. The van der Waals surface area contributed by atoms with Crippen LogP contribution in [-0.2, 0) is 9.47 Å². The van der Waals surface area contributed by atoms with Crippen molar-refractivity contribution in [1.82, 2.24) is 0 Å². The highest BCUT2D eigenvalue weighted by molar-refractivity contribution is 9.10. The number of methoxy groups -OCH3 is 2. The fourth-order valence-corrected chi connectivity index (χ4v) is 1.91. The summed E-state index contributed by atoms with van der Waals surface area (Å²) in [5, 5.41) is 9.55. The third-order valence-corrected chi connectivity index (χ3v) is 2.90. The molecular weight excluding hydrogens is 324 g/mol. The van der Waals surface area contributed by atoms with Crippen LogP contribution in [0.3, 0.4) is 0 Å². The normalized spacial score (nSPS) is 12.3. The summed E-state index contributed by atoms with van der Waals surface area (Å²) in [5.74, 6) is 0.981. The van der Waals surface area contributed by atoms with Gasteiger partial charge in [0.15, 0.2) is 13.6 Å². The summed E-state index contributed by atoms with van der Waals surface area (Å²) >= 11 is 7.32. The van der Waals surface area contributed by atoms with Crippen molar-refractivity contribution in [3.63, 3.8) is 0 Å². The Morgan fingerprint density at radius 1 is 1.17 bits per heavy atom. The van der Waals surface area contributed by atoms with Crippen LogP contribution < -0.4 is 9.47 Å². The summed E-state index contributed by atoms with van der Waals surface area (Å²) in [5.41, 5.74) is -0.434. The minimum absolute atomic E-state index is 0.0683. The Balaban J connectivity index is 3.01. The van der Waals surface area contributed by atoms with Crippen molar-refractivity contribution >= 4 is 28.6 Å². The highest BCUT2D eigenvalue weighted by Crippen LogP contribution is 2.37. The lowest BCUT2D eigenvalue weighted by Crippen LogP contribution is -2.05. The van der Waals surface area contributed by atoms with E-state index in [1.54, 1.807) is 12.1 Å².